The first-order valence-electron chi connectivity index (χ1n) is 6.78. The van der Waals surface area contributed by atoms with Crippen molar-refractivity contribution in [2.24, 2.45) is 0 Å². The van der Waals surface area contributed by atoms with Crippen LogP contribution in [0, 0.1) is 0 Å². The van der Waals surface area contributed by atoms with Crippen molar-refractivity contribution in [2.45, 2.75) is 13.5 Å². The van der Waals surface area contributed by atoms with Crippen molar-refractivity contribution in [2.75, 3.05) is 11.9 Å². The molecule has 0 saturated heterocycles. The number of para-hydroxylation sites is 1. The molecule has 0 aromatic heterocycles. The molecular weight excluding hydrogens is 328 g/mol. The number of anilines is 1. The fraction of sp³-hybridized carbons (Fsp3) is 0.188. The highest BCUT2D eigenvalue weighted by atomic mass is 35.5. The predicted octanol–water partition coefficient (Wildman–Crippen LogP) is 4.59. The minimum Gasteiger partial charge on any atom is -0.490 e. The van der Waals surface area contributed by atoms with Crippen molar-refractivity contribution in [3.63, 3.8) is 0 Å². The molecule has 1 N–H and O–H groups in total. The van der Waals surface area contributed by atoms with Gasteiger partial charge in [-0.2, -0.15) is 8.78 Å². The van der Waals surface area contributed by atoms with Gasteiger partial charge in [0.2, 0.25) is 0 Å². The summed E-state index contributed by atoms with van der Waals surface area (Å²) in [7, 11) is 0. The van der Waals surface area contributed by atoms with E-state index >= 15 is 0 Å². The quantitative estimate of drug-likeness (QED) is 0.835. The van der Waals surface area contributed by atoms with Gasteiger partial charge < -0.3 is 14.8 Å². The average Bonchev–Trinajstić information content (AvgIpc) is 2.51. The summed E-state index contributed by atoms with van der Waals surface area (Å²) in [6, 6.07) is 10.7. The summed E-state index contributed by atoms with van der Waals surface area (Å²) >= 11 is 5.98. The van der Waals surface area contributed by atoms with Gasteiger partial charge in [-0.3, -0.25) is 4.79 Å². The third-order valence-electron chi connectivity index (χ3n) is 2.84. The second-order valence-corrected chi connectivity index (χ2v) is 4.81. The van der Waals surface area contributed by atoms with Crippen LogP contribution in [0.15, 0.2) is 42.5 Å². The zero-order valence-corrected chi connectivity index (χ0v) is 12.9. The highest BCUT2D eigenvalue weighted by molar-refractivity contribution is 6.33. The molecule has 0 unspecified atom stereocenters. The van der Waals surface area contributed by atoms with E-state index in [2.05, 4.69) is 10.1 Å². The van der Waals surface area contributed by atoms with Crippen LogP contribution >= 0.6 is 11.6 Å². The molecule has 2 aromatic carbocycles. The molecular formula is C16H14ClF2NO3. The number of hydrogen-bond donors (Lipinski definition) is 1. The lowest BCUT2D eigenvalue weighted by atomic mass is 10.2. The van der Waals surface area contributed by atoms with Crippen LogP contribution in [0.1, 0.15) is 17.3 Å². The molecule has 0 heterocycles. The normalized spacial score (nSPS) is 10.5. The number of rotatable bonds is 6. The summed E-state index contributed by atoms with van der Waals surface area (Å²) in [5.74, 6) is -0.501. The molecule has 0 radical (unpaired) electrons. The molecule has 0 atom stereocenters. The summed E-state index contributed by atoms with van der Waals surface area (Å²) in [5.41, 5.74) is 0.681. The van der Waals surface area contributed by atoms with E-state index in [0.717, 1.165) is 0 Å². The molecule has 1 amide bonds. The lowest BCUT2D eigenvalue weighted by Gasteiger charge is -2.13. The third-order valence-corrected chi connectivity index (χ3v) is 3.17. The van der Waals surface area contributed by atoms with E-state index in [9.17, 15) is 13.6 Å². The number of hydrogen-bond acceptors (Lipinski definition) is 3. The number of carbonyl (C=O) groups is 1. The van der Waals surface area contributed by atoms with Crippen molar-refractivity contribution >= 4 is 23.2 Å². The van der Waals surface area contributed by atoms with E-state index in [1.165, 1.54) is 18.2 Å². The van der Waals surface area contributed by atoms with Gasteiger partial charge in [0.15, 0.2) is 11.5 Å². The van der Waals surface area contributed by atoms with Gasteiger partial charge >= 0.3 is 6.61 Å². The Morgan fingerprint density at radius 3 is 2.61 bits per heavy atom. The maximum absolute atomic E-state index is 12.4. The SMILES string of the molecule is CCOc1cc(C(=O)Nc2ccccc2Cl)ccc1OC(F)F. The predicted molar refractivity (Wildman–Crippen MR) is 83.6 cm³/mol. The molecule has 2 aromatic rings. The van der Waals surface area contributed by atoms with Crippen LogP contribution < -0.4 is 14.8 Å². The maximum atomic E-state index is 12.4. The molecule has 0 aliphatic heterocycles. The molecule has 0 fully saturated rings. The number of amides is 1. The van der Waals surface area contributed by atoms with Crippen molar-refractivity contribution in [1.29, 1.82) is 0 Å². The fourth-order valence-corrected chi connectivity index (χ4v) is 2.05. The minimum absolute atomic E-state index is 0.0691. The zero-order chi connectivity index (χ0) is 16.8. The lowest BCUT2D eigenvalue weighted by Crippen LogP contribution is -2.13. The number of ether oxygens (including phenoxy) is 2. The Balaban J connectivity index is 2.23. The monoisotopic (exact) mass is 341 g/mol. The summed E-state index contributed by atoms with van der Waals surface area (Å²) in [4.78, 5) is 12.2. The van der Waals surface area contributed by atoms with Gasteiger partial charge in [-0.25, -0.2) is 0 Å². The molecule has 122 valence electrons. The van der Waals surface area contributed by atoms with Crippen molar-refractivity contribution in [3.05, 3.63) is 53.1 Å². The van der Waals surface area contributed by atoms with Crippen LogP contribution in [0.5, 0.6) is 11.5 Å². The van der Waals surface area contributed by atoms with E-state index in [1.807, 2.05) is 0 Å². The Hall–Kier alpha value is -2.34. The molecule has 23 heavy (non-hydrogen) atoms. The van der Waals surface area contributed by atoms with Gasteiger partial charge in [-0.15, -0.1) is 0 Å². The van der Waals surface area contributed by atoms with Crippen molar-refractivity contribution < 1.29 is 23.0 Å². The van der Waals surface area contributed by atoms with Crippen LogP contribution in [0.25, 0.3) is 0 Å². The Labute approximate surface area is 137 Å². The zero-order valence-electron chi connectivity index (χ0n) is 12.2. The number of alkyl halides is 2. The number of benzene rings is 2. The van der Waals surface area contributed by atoms with Crippen LogP contribution in [-0.4, -0.2) is 19.1 Å². The van der Waals surface area contributed by atoms with Gasteiger partial charge in [0.1, 0.15) is 0 Å². The first-order valence-corrected chi connectivity index (χ1v) is 7.16. The van der Waals surface area contributed by atoms with Crippen molar-refractivity contribution in [3.8, 4) is 11.5 Å². The minimum atomic E-state index is -2.97. The number of nitrogens with one attached hydrogen (secondary N) is 1. The second-order valence-electron chi connectivity index (χ2n) is 4.41. The second kappa shape index (κ2) is 7.78. The van der Waals surface area contributed by atoms with Gasteiger partial charge in [0, 0.05) is 5.56 Å². The molecule has 7 heteroatoms. The highest BCUT2D eigenvalue weighted by Crippen LogP contribution is 2.30. The smallest absolute Gasteiger partial charge is 0.387 e. The molecule has 0 spiro atoms. The Bertz CT molecular complexity index is 695. The number of carbonyl (C=O) groups excluding carboxylic acids is 1. The van der Waals surface area contributed by atoms with Gasteiger partial charge in [-0.05, 0) is 37.3 Å². The lowest BCUT2D eigenvalue weighted by molar-refractivity contribution is -0.0514. The first kappa shape index (κ1) is 17.0. The Kier molecular flexibility index (Phi) is 5.76. The molecule has 0 saturated carbocycles. The summed E-state index contributed by atoms with van der Waals surface area (Å²) < 4.78 is 34.3. The molecule has 0 bridgehead atoms. The van der Waals surface area contributed by atoms with Crippen molar-refractivity contribution in [1.82, 2.24) is 0 Å². The third kappa shape index (κ3) is 4.56. The van der Waals surface area contributed by atoms with Crippen LogP contribution in [0.3, 0.4) is 0 Å². The van der Waals surface area contributed by atoms with Gasteiger partial charge in [-0.1, -0.05) is 23.7 Å². The van der Waals surface area contributed by atoms with E-state index in [4.69, 9.17) is 16.3 Å². The van der Waals surface area contributed by atoms with E-state index < -0.39 is 12.5 Å². The number of halogens is 3. The van der Waals surface area contributed by atoms with E-state index in [0.29, 0.717) is 10.7 Å². The maximum Gasteiger partial charge on any atom is 0.387 e. The topological polar surface area (TPSA) is 47.6 Å². The Morgan fingerprint density at radius 2 is 1.96 bits per heavy atom. The molecule has 0 aliphatic rings. The summed E-state index contributed by atoms with van der Waals surface area (Å²) in [6.07, 6.45) is 0. The summed E-state index contributed by atoms with van der Waals surface area (Å²) in [6.45, 7) is -1.03. The largest absolute Gasteiger partial charge is 0.490 e. The van der Waals surface area contributed by atoms with E-state index in [-0.39, 0.29) is 23.7 Å². The van der Waals surface area contributed by atoms with Crippen LogP contribution in [-0.2, 0) is 0 Å². The molecule has 4 nitrogen and oxygen atoms in total. The standard InChI is InChI=1S/C16H14ClF2NO3/c1-2-22-14-9-10(7-8-13(14)23-16(18)19)15(21)20-12-6-4-3-5-11(12)17/h3-9,16H,2H2,1H3,(H,20,21). The first-order chi connectivity index (χ1) is 11.0. The van der Waals surface area contributed by atoms with E-state index in [1.54, 1.807) is 31.2 Å². The van der Waals surface area contributed by atoms with Gasteiger partial charge in [0.25, 0.3) is 5.91 Å². The molecule has 2 rings (SSSR count). The average molecular weight is 342 g/mol. The highest BCUT2D eigenvalue weighted by Gasteiger charge is 2.15. The fourth-order valence-electron chi connectivity index (χ4n) is 1.87. The van der Waals surface area contributed by atoms with Crippen LogP contribution in [0.4, 0.5) is 14.5 Å². The van der Waals surface area contributed by atoms with Crippen LogP contribution in [0.2, 0.25) is 5.02 Å². The Morgan fingerprint density at radius 1 is 1.22 bits per heavy atom. The molecule has 0 aliphatic carbocycles. The van der Waals surface area contributed by atoms with Gasteiger partial charge in [0.05, 0.1) is 17.3 Å². The summed E-state index contributed by atoms with van der Waals surface area (Å²) in [5, 5.41) is 3.03.